The SMILES string of the molecule is O=C(O)CN1CCCN(Cc2cc(F)ccc2Br)CC1. The van der Waals surface area contributed by atoms with Crippen LogP contribution in [-0.4, -0.2) is 53.6 Å². The van der Waals surface area contributed by atoms with Gasteiger partial charge in [0, 0.05) is 30.7 Å². The van der Waals surface area contributed by atoms with Crippen LogP contribution >= 0.6 is 15.9 Å². The Kier molecular flexibility index (Phi) is 5.51. The normalized spacial score (nSPS) is 17.9. The minimum atomic E-state index is -0.786. The van der Waals surface area contributed by atoms with Crippen LogP contribution in [0.25, 0.3) is 0 Å². The van der Waals surface area contributed by atoms with Crippen LogP contribution in [0.3, 0.4) is 0 Å². The number of carboxylic acids is 1. The molecule has 20 heavy (non-hydrogen) atoms. The van der Waals surface area contributed by atoms with Gasteiger partial charge < -0.3 is 5.11 Å². The van der Waals surface area contributed by atoms with Gasteiger partial charge in [-0.25, -0.2) is 4.39 Å². The predicted octanol–water partition coefficient (Wildman–Crippen LogP) is 2.18. The lowest BCUT2D eigenvalue weighted by Gasteiger charge is -2.21. The molecule has 1 N–H and O–H groups in total. The Morgan fingerprint density at radius 3 is 2.70 bits per heavy atom. The monoisotopic (exact) mass is 344 g/mol. The smallest absolute Gasteiger partial charge is 0.317 e. The van der Waals surface area contributed by atoms with Crippen molar-refractivity contribution in [2.24, 2.45) is 0 Å². The first-order valence-corrected chi connectivity index (χ1v) is 7.44. The molecule has 6 heteroatoms. The third-order valence-electron chi connectivity index (χ3n) is 3.44. The fraction of sp³-hybridized carbons (Fsp3) is 0.500. The van der Waals surface area contributed by atoms with E-state index in [9.17, 15) is 9.18 Å². The molecule has 0 amide bonds. The first kappa shape index (κ1) is 15.4. The number of hydrogen-bond acceptors (Lipinski definition) is 3. The first-order chi connectivity index (χ1) is 9.54. The lowest BCUT2D eigenvalue weighted by molar-refractivity contribution is -0.138. The molecule has 0 bridgehead atoms. The summed E-state index contributed by atoms with van der Waals surface area (Å²) in [6, 6.07) is 4.70. The number of carbonyl (C=O) groups is 1. The van der Waals surface area contributed by atoms with E-state index >= 15 is 0 Å². The zero-order chi connectivity index (χ0) is 14.5. The summed E-state index contributed by atoms with van der Waals surface area (Å²) >= 11 is 3.44. The van der Waals surface area contributed by atoms with Crippen molar-refractivity contribution >= 4 is 21.9 Å². The lowest BCUT2D eigenvalue weighted by atomic mass is 10.2. The molecular formula is C14H18BrFN2O2. The summed E-state index contributed by atoms with van der Waals surface area (Å²) in [5.41, 5.74) is 0.927. The molecule has 0 aliphatic carbocycles. The molecule has 0 aromatic heterocycles. The Hall–Kier alpha value is -0.980. The van der Waals surface area contributed by atoms with Gasteiger partial charge in [-0.2, -0.15) is 0 Å². The van der Waals surface area contributed by atoms with E-state index in [4.69, 9.17) is 5.11 Å². The first-order valence-electron chi connectivity index (χ1n) is 6.65. The molecular weight excluding hydrogens is 327 g/mol. The van der Waals surface area contributed by atoms with Gasteiger partial charge in [-0.3, -0.25) is 14.6 Å². The highest BCUT2D eigenvalue weighted by Crippen LogP contribution is 2.20. The Balaban J connectivity index is 1.94. The average molecular weight is 345 g/mol. The number of nitrogens with zero attached hydrogens (tertiary/aromatic N) is 2. The highest BCUT2D eigenvalue weighted by atomic mass is 79.9. The third kappa shape index (κ3) is 4.54. The van der Waals surface area contributed by atoms with Crippen LogP contribution in [0.1, 0.15) is 12.0 Å². The predicted molar refractivity (Wildman–Crippen MR) is 78.1 cm³/mol. The third-order valence-corrected chi connectivity index (χ3v) is 4.22. The van der Waals surface area contributed by atoms with Gasteiger partial charge in [0.1, 0.15) is 5.82 Å². The molecule has 1 aliphatic rings. The summed E-state index contributed by atoms with van der Waals surface area (Å²) in [6.45, 7) is 4.01. The van der Waals surface area contributed by atoms with Gasteiger partial charge >= 0.3 is 5.97 Å². The fourth-order valence-electron chi connectivity index (χ4n) is 2.44. The van der Waals surface area contributed by atoms with Crippen LogP contribution in [0.2, 0.25) is 0 Å². The van der Waals surface area contributed by atoms with Crippen molar-refractivity contribution in [1.82, 2.24) is 9.80 Å². The van der Waals surface area contributed by atoms with Gasteiger partial charge in [0.15, 0.2) is 0 Å². The Morgan fingerprint density at radius 2 is 1.95 bits per heavy atom. The van der Waals surface area contributed by atoms with Gasteiger partial charge in [-0.15, -0.1) is 0 Å². The number of hydrogen-bond donors (Lipinski definition) is 1. The summed E-state index contributed by atoms with van der Waals surface area (Å²) in [7, 11) is 0. The standard InChI is InChI=1S/C14H18BrFN2O2/c15-13-3-2-12(16)8-11(13)9-17-4-1-5-18(7-6-17)10-14(19)20/h2-3,8H,1,4-7,9-10H2,(H,19,20). The van der Waals surface area contributed by atoms with Crippen molar-refractivity contribution in [2.75, 3.05) is 32.7 Å². The molecule has 1 aromatic rings. The second-order valence-corrected chi connectivity index (χ2v) is 5.89. The van der Waals surface area contributed by atoms with Gasteiger partial charge in [-0.05, 0) is 36.7 Å². The number of halogens is 2. The molecule has 0 atom stereocenters. The molecule has 0 unspecified atom stereocenters. The minimum Gasteiger partial charge on any atom is -0.480 e. The Labute approximate surface area is 126 Å². The maximum atomic E-state index is 13.3. The van der Waals surface area contributed by atoms with Crippen LogP contribution in [-0.2, 0) is 11.3 Å². The van der Waals surface area contributed by atoms with E-state index in [-0.39, 0.29) is 12.4 Å². The Morgan fingerprint density at radius 1 is 1.25 bits per heavy atom. The summed E-state index contributed by atoms with van der Waals surface area (Å²) in [5.74, 6) is -1.02. The van der Waals surface area contributed by atoms with E-state index in [0.29, 0.717) is 6.54 Å². The summed E-state index contributed by atoms with van der Waals surface area (Å²) in [4.78, 5) is 14.9. The zero-order valence-electron chi connectivity index (χ0n) is 11.2. The van der Waals surface area contributed by atoms with E-state index in [1.165, 1.54) is 6.07 Å². The number of benzene rings is 1. The quantitative estimate of drug-likeness (QED) is 0.909. The highest BCUT2D eigenvalue weighted by Gasteiger charge is 2.17. The highest BCUT2D eigenvalue weighted by molar-refractivity contribution is 9.10. The topological polar surface area (TPSA) is 43.8 Å². The summed E-state index contributed by atoms with van der Waals surface area (Å²) < 4.78 is 14.2. The lowest BCUT2D eigenvalue weighted by Crippen LogP contribution is -2.34. The largest absolute Gasteiger partial charge is 0.480 e. The zero-order valence-corrected chi connectivity index (χ0v) is 12.8. The maximum Gasteiger partial charge on any atom is 0.317 e. The molecule has 2 rings (SSSR count). The van der Waals surface area contributed by atoms with Gasteiger partial charge in [0.2, 0.25) is 0 Å². The van der Waals surface area contributed by atoms with E-state index in [0.717, 1.165) is 42.6 Å². The van der Waals surface area contributed by atoms with E-state index in [1.54, 1.807) is 12.1 Å². The summed E-state index contributed by atoms with van der Waals surface area (Å²) in [5, 5.41) is 8.82. The van der Waals surface area contributed by atoms with E-state index in [1.807, 2.05) is 4.90 Å². The van der Waals surface area contributed by atoms with Crippen molar-refractivity contribution in [3.63, 3.8) is 0 Å². The van der Waals surface area contributed by atoms with Crippen LogP contribution in [0.5, 0.6) is 0 Å². The number of rotatable bonds is 4. The number of carboxylic acid groups (broad SMARTS) is 1. The second kappa shape index (κ2) is 7.15. The second-order valence-electron chi connectivity index (χ2n) is 5.04. The number of aliphatic carboxylic acids is 1. The molecule has 0 saturated carbocycles. The molecule has 4 nitrogen and oxygen atoms in total. The van der Waals surface area contributed by atoms with Gasteiger partial charge in [0.05, 0.1) is 6.54 Å². The molecule has 1 aliphatic heterocycles. The van der Waals surface area contributed by atoms with Crippen molar-refractivity contribution < 1.29 is 14.3 Å². The van der Waals surface area contributed by atoms with E-state index in [2.05, 4.69) is 20.8 Å². The van der Waals surface area contributed by atoms with Crippen LogP contribution in [0.4, 0.5) is 4.39 Å². The van der Waals surface area contributed by atoms with Gasteiger partial charge in [0.25, 0.3) is 0 Å². The van der Waals surface area contributed by atoms with Crippen molar-refractivity contribution in [2.45, 2.75) is 13.0 Å². The average Bonchev–Trinajstić information content (AvgIpc) is 2.59. The van der Waals surface area contributed by atoms with Crippen LogP contribution < -0.4 is 0 Å². The van der Waals surface area contributed by atoms with E-state index < -0.39 is 5.97 Å². The molecule has 1 heterocycles. The Bertz CT molecular complexity index is 484. The molecule has 1 fully saturated rings. The minimum absolute atomic E-state index is 0.0947. The molecule has 0 spiro atoms. The molecule has 0 radical (unpaired) electrons. The molecule has 1 aromatic carbocycles. The van der Waals surface area contributed by atoms with Gasteiger partial charge in [-0.1, -0.05) is 15.9 Å². The van der Waals surface area contributed by atoms with Crippen molar-refractivity contribution in [1.29, 1.82) is 0 Å². The molecule has 110 valence electrons. The summed E-state index contributed by atoms with van der Waals surface area (Å²) in [6.07, 6.45) is 0.931. The molecule has 1 saturated heterocycles. The van der Waals surface area contributed by atoms with Crippen LogP contribution in [0.15, 0.2) is 22.7 Å². The van der Waals surface area contributed by atoms with Crippen LogP contribution in [0, 0.1) is 5.82 Å². The maximum absolute atomic E-state index is 13.3. The van der Waals surface area contributed by atoms with Crippen molar-refractivity contribution in [3.8, 4) is 0 Å². The van der Waals surface area contributed by atoms with Crippen molar-refractivity contribution in [3.05, 3.63) is 34.1 Å². The fourth-order valence-corrected chi connectivity index (χ4v) is 2.81.